The number of hydrogen-bond acceptors (Lipinski definition) is 4. The van der Waals surface area contributed by atoms with Gasteiger partial charge in [0.2, 0.25) is 5.91 Å². The molecule has 0 aromatic heterocycles. The van der Waals surface area contributed by atoms with Crippen molar-refractivity contribution in [2.24, 2.45) is 0 Å². The fourth-order valence-electron chi connectivity index (χ4n) is 3.31. The molecule has 0 aliphatic carbocycles. The first-order valence-corrected chi connectivity index (χ1v) is 8.34. The standard InChI is InChI=1S/C20H22N2O3/c1-13-10-16(20(24)25-3)8-9-17(13)21-12-19(23)22-14(2)11-15-6-4-5-7-18(15)22/h4-10,14,21H,11-12H2,1-3H3/t14-/m1/s1. The van der Waals surface area contributed by atoms with E-state index in [-0.39, 0.29) is 24.5 Å². The summed E-state index contributed by atoms with van der Waals surface area (Å²) in [5.74, 6) is -0.331. The van der Waals surface area contributed by atoms with Gasteiger partial charge in [0.25, 0.3) is 0 Å². The fraction of sp³-hybridized carbons (Fsp3) is 0.300. The van der Waals surface area contributed by atoms with Gasteiger partial charge in [-0.2, -0.15) is 0 Å². The highest BCUT2D eigenvalue weighted by molar-refractivity contribution is 5.98. The Morgan fingerprint density at radius 3 is 2.72 bits per heavy atom. The minimum atomic E-state index is -0.367. The van der Waals surface area contributed by atoms with Crippen LogP contribution in [0.5, 0.6) is 0 Å². The smallest absolute Gasteiger partial charge is 0.337 e. The molecule has 130 valence electrons. The highest BCUT2D eigenvalue weighted by Crippen LogP contribution is 2.31. The lowest BCUT2D eigenvalue weighted by Gasteiger charge is -2.23. The number of amides is 1. The number of nitrogens with one attached hydrogen (secondary N) is 1. The first-order valence-electron chi connectivity index (χ1n) is 8.34. The van der Waals surface area contributed by atoms with Crippen LogP contribution in [0.15, 0.2) is 42.5 Å². The number of para-hydroxylation sites is 1. The molecular formula is C20H22N2O3. The summed E-state index contributed by atoms with van der Waals surface area (Å²) in [5, 5.41) is 3.18. The summed E-state index contributed by atoms with van der Waals surface area (Å²) in [6, 6.07) is 13.4. The van der Waals surface area contributed by atoms with Crippen LogP contribution in [0.4, 0.5) is 11.4 Å². The maximum atomic E-state index is 12.7. The first kappa shape index (κ1) is 17.0. The van der Waals surface area contributed by atoms with E-state index in [1.54, 1.807) is 18.2 Å². The number of ether oxygens (including phenoxy) is 1. The third kappa shape index (κ3) is 3.36. The predicted octanol–water partition coefficient (Wildman–Crippen LogP) is 3.17. The third-order valence-electron chi connectivity index (χ3n) is 4.55. The summed E-state index contributed by atoms with van der Waals surface area (Å²) < 4.78 is 4.72. The van der Waals surface area contributed by atoms with Crippen molar-refractivity contribution in [1.82, 2.24) is 0 Å². The lowest BCUT2D eigenvalue weighted by molar-refractivity contribution is -0.117. The van der Waals surface area contributed by atoms with Gasteiger partial charge in [-0.3, -0.25) is 4.79 Å². The zero-order chi connectivity index (χ0) is 18.0. The Labute approximate surface area is 147 Å². The average Bonchev–Trinajstić information content (AvgIpc) is 2.95. The summed E-state index contributed by atoms with van der Waals surface area (Å²) in [5.41, 5.74) is 4.44. The van der Waals surface area contributed by atoms with Gasteiger partial charge in [-0.15, -0.1) is 0 Å². The zero-order valence-electron chi connectivity index (χ0n) is 14.7. The van der Waals surface area contributed by atoms with Crippen molar-refractivity contribution < 1.29 is 14.3 Å². The van der Waals surface area contributed by atoms with E-state index in [4.69, 9.17) is 4.74 Å². The summed E-state index contributed by atoms with van der Waals surface area (Å²) in [7, 11) is 1.36. The van der Waals surface area contributed by atoms with E-state index in [9.17, 15) is 9.59 Å². The van der Waals surface area contributed by atoms with Crippen LogP contribution < -0.4 is 10.2 Å². The SMILES string of the molecule is COC(=O)c1ccc(NCC(=O)N2c3ccccc3C[C@H]2C)c(C)c1. The Morgan fingerprint density at radius 1 is 1.24 bits per heavy atom. The highest BCUT2D eigenvalue weighted by atomic mass is 16.5. The minimum absolute atomic E-state index is 0.0360. The number of anilines is 2. The van der Waals surface area contributed by atoms with Gasteiger partial charge >= 0.3 is 5.97 Å². The maximum Gasteiger partial charge on any atom is 0.337 e. The summed E-state index contributed by atoms with van der Waals surface area (Å²) in [6.45, 7) is 4.17. The lowest BCUT2D eigenvalue weighted by atomic mass is 10.1. The molecule has 5 nitrogen and oxygen atoms in total. The van der Waals surface area contributed by atoms with E-state index in [0.717, 1.165) is 23.4 Å². The first-order chi connectivity index (χ1) is 12.0. The van der Waals surface area contributed by atoms with Gasteiger partial charge < -0.3 is 15.0 Å². The molecule has 25 heavy (non-hydrogen) atoms. The molecule has 0 radical (unpaired) electrons. The molecule has 0 saturated carbocycles. The van der Waals surface area contributed by atoms with Gasteiger partial charge in [-0.25, -0.2) is 4.79 Å². The number of benzene rings is 2. The molecule has 2 aromatic rings. The second-order valence-corrected chi connectivity index (χ2v) is 6.32. The molecule has 1 aliphatic heterocycles. The number of fused-ring (bicyclic) bond motifs is 1. The Kier molecular flexibility index (Phi) is 4.74. The molecule has 0 saturated heterocycles. The van der Waals surface area contributed by atoms with E-state index >= 15 is 0 Å². The number of rotatable bonds is 4. The molecular weight excluding hydrogens is 316 g/mol. The molecule has 2 aromatic carbocycles. The van der Waals surface area contributed by atoms with Crippen LogP contribution in [0, 0.1) is 6.92 Å². The number of carbonyl (C=O) groups excluding carboxylic acids is 2. The van der Waals surface area contributed by atoms with Crippen LogP contribution >= 0.6 is 0 Å². The molecule has 1 heterocycles. The highest BCUT2D eigenvalue weighted by Gasteiger charge is 2.30. The Hall–Kier alpha value is -2.82. The van der Waals surface area contributed by atoms with Crippen molar-refractivity contribution in [2.75, 3.05) is 23.9 Å². The average molecular weight is 338 g/mol. The lowest BCUT2D eigenvalue weighted by Crippen LogP contribution is -2.39. The van der Waals surface area contributed by atoms with Crippen molar-refractivity contribution >= 4 is 23.3 Å². The van der Waals surface area contributed by atoms with Gasteiger partial charge in [0.15, 0.2) is 0 Å². The van der Waals surface area contributed by atoms with Crippen molar-refractivity contribution in [1.29, 1.82) is 0 Å². The van der Waals surface area contributed by atoms with Crippen molar-refractivity contribution in [3.63, 3.8) is 0 Å². The number of carbonyl (C=O) groups is 2. The zero-order valence-corrected chi connectivity index (χ0v) is 14.7. The topological polar surface area (TPSA) is 58.6 Å². The normalized spacial score (nSPS) is 15.6. The second-order valence-electron chi connectivity index (χ2n) is 6.32. The number of hydrogen-bond donors (Lipinski definition) is 1. The molecule has 1 atom stereocenters. The Morgan fingerprint density at radius 2 is 2.00 bits per heavy atom. The van der Waals surface area contributed by atoms with Gasteiger partial charge in [0.05, 0.1) is 19.2 Å². The Bertz CT molecular complexity index is 816. The fourth-order valence-corrected chi connectivity index (χ4v) is 3.31. The van der Waals surface area contributed by atoms with Crippen LogP contribution in [-0.4, -0.2) is 31.6 Å². The molecule has 3 rings (SSSR count). The van der Waals surface area contributed by atoms with Crippen molar-refractivity contribution in [3.8, 4) is 0 Å². The minimum Gasteiger partial charge on any atom is -0.465 e. The monoisotopic (exact) mass is 338 g/mol. The Balaban J connectivity index is 1.70. The van der Waals surface area contributed by atoms with Crippen molar-refractivity contribution in [3.05, 3.63) is 59.2 Å². The molecule has 1 aliphatic rings. The van der Waals surface area contributed by atoms with Crippen LogP contribution in [0.3, 0.4) is 0 Å². The second kappa shape index (κ2) is 6.97. The van der Waals surface area contributed by atoms with E-state index < -0.39 is 0 Å². The quantitative estimate of drug-likeness (QED) is 0.870. The van der Waals surface area contributed by atoms with Gasteiger partial charge in [-0.05, 0) is 55.7 Å². The van der Waals surface area contributed by atoms with Gasteiger partial charge in [0, 0.05) is 17.4 Å². The predicted molar refractivity (Wildman–Crippen MR) is 98.1 cm³/mol. The molecule has 1 N–H and O–H groups in total. The largest absolute Gasteiger partial charge is 0.465 e. The van der Waals surface area contributed by atoms with Crippen LogP contribution in [-0.2, 0) is 16.0 Å². The summed E-state index contributed by atoms with van der Waals surface area (Å²) in [4.78, 5) is 26.1. The molecule has 0 bridgehead atoms. The molecule has 0 spiro atoms. The summed E-state index contributed by atoms with van der Waals surface area (Å²) >= 11 is 0. The van der Waals surface area contributed by atoms with Gasteiger partial charge in [0.1, 0.15) is 0 Å². The molecule has 0 fully saturated rings. The van der Waals surface area contributed by atoms with Crippen LogP contribution in [0.1, 0.15) is 28.4 Å². The molecule has 5 heteroatoms. The van der Waals surface area contributed by atoms with Gasteiger partial charge in [-0.1, -0.05) is 18.2 Å². The number of nitrogens with zero attached hydrogens (tertiary/aromatic N) is 1. The molecule has 0 unspecified atom stereocenters. The van der Waals surface area contributed by atoms with Crippen LogP contribution in [0.2, 0.25) is 0 Å². The molecule has 1 amide bonds. The van der Waals surface area contributed by atoms with E-state index in [0.29, 0.717) is 5.56 Å². The third-order valence-corrected chi connectivity index (χ3v) is 4.55. The van der Waals surface area contributed by atoms with Crippen molar-refractivity contribution in [2.45, 2.75) is 26.3 Å². The van der Waals surface area contributed by atoms with E-state index in [1.165, 1.54) is 12.7 Å². The number of esters is 1. The number of methoxy groups -OCH3 is 1. The van der Waals surface area contributed by atoms with Crippen LogP contribution in [0.25, 0.3) is 0 Å². The summed E-state index contributed by atoms with van der Waals surface area (Å²) in [6.07, 6.45) is 0.884. The number of aryl methyl sites for hydroxylation is 1. The maximum absolute atomic E-state index is 12.7. The van der Waals surface area contributed by atoms with E-state index in [2.05, 4.69) is 18.3 Å². The van der Waals surface area contributed by atoms with E-state index in [1.807, 2.05) is 30.0 Å².